The molecule has 7 heteroatoms. The lowest BCUT2D eigenvalue weighted by Crippen LogP contribution is -2.34. The van der Waals surface area contributed by atoms with Gasteiger partial charge in [-0.1, -0.05) is 18.2 Å². The predicted octanol–water partition coefficient (Wildman–Crippen LogP) is 3.71. The highest BCUT2D eigenvalue weighted by molar-refractivity contribution is 6.36. The molecule has 0 saturated carbocycles. The monoisotopic (exact) mass is 424 g/mol. The summed E-state index contributed by atoms with van der Waals surface area (Å²) in [6.07, 6.45) is 0.578. The summed E-state index contributed by atoms with van der Waals surface area (Å²) in [5.74, 6) is 0.683. The fourth-order valence-electron chi connectivity index (χ4n) is 3.36. The van der Waals surface area contributed by atoms with Crippen LogP contribution in [0.2, 0.25) is 0 Å². The first-order valence-corrected chi connectivity index (χ1v) is 10.4. The van der Waals surface area contributed by atoms with E-state index in [1.807, 2.05) is 32.0 Å². The Morgan fingerprint density at radius 2 is 1.71 bits per heavy atom. The molecule has 2 aromatic rings. The summed E-state index contributed by atoms with van der Waals surface area (Å²) < 4.78 is 16.1. The molecule has 0 fully saturated rings. The van der Waals surface area contributed by atoms with Crippen molar-refractivity contribution < 1.29 is 23.8 Å². The van der Waals surface area contributed by atoms with Gasteiger partial charge in [0.15, 0.2) is 0 Å². The minimum absolute atomic E-state index is 0.249. The Labute approximate surface area is 182 Å². The quantitative estimate of drug-likeness (QED) is 0.438. The van der Waals surface area contributed by atoms with Crippen molar-refractivity contribution in [2.75, 3.05) is 38.8 Å². The normalized spacial score (nSPS) is 13.7. The molecule has 0 spiro atoms. The zero-order valence-corrected chi connectivity index (χ0v) is 18.1. The number of rotatable bonds is 11. The van der Waals surface area contributed by atoms with E-state index in [-0.39, 0.29) is 17.5 Å². The lowest BCUT2D eigenvalue weighted by atomic mass is 10.0. The van der Waals surface area contributed by atoms with E-state index in [1.165, 1.54) is 4.90 Å². The van der Waals surface area contributed by atoms with Gasteiger partial charge < -0.3 is 19.5 Å². The van der Waals surface area contributed by atoms with E-state index in [4.69, 9.17) is 14.2 Å². The van der Waals surface area contributed by atoms with Crippen molar-refractivity contribution in [3.8, 4) is 11.5 Å². The molecular formula is C24H28N2O5. The maximum Gasteiger partial charge on any atom is 0.278 e. The number of imide groups is 1. The number of methoxy groups -OCH3 is 1. The van der Waals surface area contributed by atoms with Gasteiger partial charge in [-0.2, -0.15) is 0 Å². The average Bonchev–Trinajstić information content (AvgIpc) is 3.01. The number of amides is 2. The van der Waals surface area contributed by atoms with Crippen LogP contribution in [0.4, 0.5) is 5.69 Å². The maximum atomic E-state index is 13.2. The topological polar surface area (TPSA) is 77.1 Å². The molecule has 1 N–H and O–H groups in total. The van der Waals surface area contributed by atoms with Gasteiger partial charge in [-0.3, -0.25) is 14.5 Å². The van der Waals surface area contributed by atoms with E-state index >= 15 is 0 Å². The Bertz CT molecular complexity index is 953. The Hall–Kier alpha value is -3.32. The molecule has 3 rings (SSSR count). The number of ether oxygens (including phenoxy) is 3. The van der Waals surface area contributed by atoms with Gasteiger partial charge >= 0.3 is 0 Å². The molecule has 0 aliphatic carbocycles. The molecule has 0 saturated heterocycles. The summed E-state index contributed by atoms with van der Waals surface area (Å²) in [4.78, 5) is 27.7. The fourth-order valence-corrected chi connectivity index (χ4v) is 3.36. The van der Waals surface area contributed by atoms with E-state index in [0.29, 0.717) is 61.1 Å². The number of carbonyl (C=O) groups excluding carboxylic acids is 2. The molecule has 0 atom stereocenters. The Balaban J connectivity index is 1.93. The largest absolute Gasteiger partial charge is 0.497 e. The summed E-state index contributed by atoms with van der Waals surface area (Å²) in [5, 5.41) is 3.14. The summed E-state index contributed by atoms with van der Waals surface area (Å²) in [7, 11) is 1.58. The number of benzene rings is 2. The first-order valence-electron chi connectivity index (χ1n) is 10.4. The Morgan fingerprint density at radius 1 is 0.935 bits per heavy atom. The van der Waals surface area contributed by atoms with Crippen molar-refractivity contribution in [1.29, 1.82) is 0 Å². The maximum absolute atomic E-state index is 13.2. The summed E-state index contributed by atoms with van der Waals surface area (Å²) in [6, 6.07) is 14.4. The average molecular weight is 424 g/mol. The predicted molar refractivity (Wildman–Crippen MR) is 119 cm³/mol. The molecule has 1 heterocycles. The molecule has 0 unspecified atom stereocenters. The first-order chi connectivity index (χ1) is 15.1. The van der Waals surface area contributed by atoms with E-state index in [0.717, 1.165) is 0 Å². The van der Waals surface area contributed by atoms with Crippen LogP contribution in [-0.2, 0) is 14.3 Å². The van der Waals surface area contributed by atoms with Crippen LogP contribution in [0.25, 0.3) is 5.57 Å². The highest BCUT2D eigenvalue weighted by Gasteiger charge is 2.38. The molecular weight excluding hydrogens is 396 g/mol. The van der Waals surface area contributed by atoms with E-state index in [2.05, 4.69) is 5.32 Å². The van der Waals surface area contributed by atoms with Crippen LogP contribution in [0, 0.1) is 0 Å². The first kappa shape index (κ1) is 22.4. The van der Waals surface area contributed by atoms with E-state index in [9.17, 15) is 9.59 Å². The second-order valence-electron chi connectivity index (χ2n) is 6.88. The van der Waals surface area contributed by atoms with Gasteiger partial charge in [-0.05, 0) is 50.1 Å². The number of carbonyl (C=O) groups is 2. The van der Waals surface area contributed by atoms with Crippen LogP contribution in [0.5, 0.6) is 11.5 Å². The second-order valence-corrected chi connectivity index (χ2v) is 6.88. The summed E-state index contributed by atoms with van der Waals surface area (Å²) >= 11 is 0. The third kappa shape index (κ3) is 5.24. The van der Waals surface area contributed by atoms with Gasteiger partial charge in [0.1, 0.15) is 17.2 Å². The highest BCUT2D eigenvalue weighted by Crippen LogP contribution is 2.32. The van der Waals surface area contributed by atoms with Gasteiger partial charge in [0.25, 0.3) is 11.8 Å². The molecule has 2 aromatic carbocycles. The number of nitrogens with one attached hydrogen (secondary N) is 1. The third-order valence-corrected chi connectivity index (χ3v) is 4.84. The number of hydrogen-bond donors (Lipinski definition) is 1. The molecule has 31 heavy (non-hydrogen) atoms. The zero-order valence-electron chi connectivity index (χ0n) is 18.1. The van der Waals surface area contributed by atoms with Gasteiger partial charge in [-0.15, -0.1) is 0 Å². The zero-order chi connectivity index (χ0) is 22.2. The molecule has 7 nitrogen and oxygen atoms in total. The van der Waals surface area contributed by atoms with Gasteiger partial charge in [0.2, 0.25) is 0 Å². The van der Waals surface area contributed by atoms with Gasteiger partial charge in [0, 0.05) is 31.5 Å². The van der Waals surface area contributed by atoms with Gasteiger partial charge in [0.05, 0.1) is 19.3 Å². The minimum atomic E-state index is -0.354. The van der Waals surface area contributed by atoms with Gasteiger partial charge in [-0.25, -0.2) is 0 Å². The smallest absolute Gasteiger partial charge is 0.278 e. The van der Waals surface area contributed by atoms with Crippen molar-refractivity contribution >= 4 is 23.1 Å². The lowest BCUT2D eigenvalue weighted by molar-refractivity contribution is -0.137. The summed E-state index contributed by atoms with van der Waals surface area (Å²) in [6.45, 7) is 5.75. The van der Waals surface area contributed by atoms with Crippen LogP contribution in [-0.4, -0.2) is 50.2 Å². The Morgan fingerprint density at radius 3 is 2.39 bits per heavy atom. The minimum Gasteiger partial charge on any atom is -0.497 e. The SMILES string of the molecule is CCOCCCN1C(=O)C(Nc2cccc(OC)c2)=C(c2ccc(OCC)cc2)C1=O. The van der Waals surface area contributed by atoms with E-state index in [1.54, 1.807) is 37.4 Å². The number of hydrogen-bond acceptors (Lipinski definition) is 6. The van der Waals surface area contributed by atoms with Crippen LogP contribution < -0.4 is 14.8 Å². The third-order valence-electron chi connectivity index (χ3n) is 4.84. The standard InChI is InChI=1S/C24H28N2O5/c1-4-30-15-7-14-26-23(27)21(17-10-12-19(13-11-17)31-5-2)22(24(26)28)25-18-8-6-9-20(16-18)29-3/h6,8-13,16,25H,4-5,7,14-15H2,1-3H3. The van der Waals surface area contributed by atoms with Crippen molar-refractivity contribution in [1.82, 2.24) is 4.90 Å². The molecule has 0 radical (unpaired) electrons. The summed E-state index contributed by atoms with van der Waals surface area (Å²) in [5.41, 5.74) is 1.90. The number of nitrogens with zero attached hydrogens (tertiary/aromatic N) is 1. The lowest BCUT2D eigenvalue weighted by Gasteiger charge is -2.15. The fraction of sp³-hybridized carbons (Fsp3) is 0.333. The van der Waals surface area contributed by atoms with Crippen LogP contribution in [0.15, 0.2) is 54.2 Å². The molecule has 1 aliphatic heterocycles. The second kappa shape index (κ2) is 10.6. The van der Waals surface area contributed by atoms with Crippen molar-refractivity contribution in [3.63, 3.8) is 0 Å². The molecule has 1 aliphatic rings. The van der Waals surface area contributed by atoms with Crippen molar-refractivity contribution in [3.05, 3.63) is 59.8 Å². The van der Waals surface area contributed by atoms with Crippen molar-refractivity contribution in [2.45, 2.75) is 20.3 Å². The Kier molecular flexibility index (Phi) is 7.67. The molecule has 0 aromatic heterocycles. The van der Waals surface area contributed by atoms with Crippen LogP contribution in [0.3, 0.4) is 0 Å². The highest BCUT2D eigenvalue weighted by atomic mass is 16.5. The van der Waals surface area contributed by atoms with Crippen molar-refractivity contribution in [2.24, 2.45) is 0 Å². The molecule has 0 bridgehead atoms. The molecule has 164 valence electrons. The van der Waals surface area contributed by atoms with Crippen LogP contribution >= 0.6 is 0 Å². The van der Waals surface area contributed by atoms with Crippen LogP contribution in [0.1, 0.15) is 25.8 Å². The number of anilines is 1. The molecule has 2 amide bonds. The van der Waals surface area contributed by atoms with E-state index < -0.39 is 0 Å².